The van der Waals surface area contributed by atoms with Crippen LogP contribution in [-0.2, 0) is 17.3 Å². The Bertz CT molecular complexity index is 626. The van der Waals surface area contributed by atoms with Gasteiger partial charge in [0.1, 0.15) is 0 Å². The van der Waals surface area contributed by atoms with Crippen molar-refractivity contribution < 1.29 is 9.90 Å². The van der Waals surface area contributed by atoms with E-state index < -0.39 is 11.4 Å². The number of hydrogen-bond donors (Lipinski definition) is 1. The largest absolute Gasteiger partial charge is 0.481 e. The van der Waals surface area contributed by atoms with E-state index in [0.29, 0.717) is 17.9 Å². The van der Waals surface area contributed by atoms with Crippen LogP contribution in [-0.4, -0.2) is 15.6 Å². The van der Waals surface area contributed by atoms with Gasteiger partial charge in [-0.05, 0) is 36.6 Å². The maximum absolute atomic E-state index is 11.3. The first-order chi connectivity index (χ1) is 8.04. The second kappa shape index (κ2) is 3.26. The van der Waals surface area contributed by atoms with Crippen LogP contribution < -0.4 is 0 Å². The summed E-state index contributed by atoms with van der Waals surface area (Å²) >= 11 is 6.21. The minimum Gasteiger partial charge on any atom is -0.481 e. The molecule has 0 spiro atoms. The molecule has 0 aliphatic heterocycles. The lowest BCUT2D eigenvalue weighted by Gasteiger charge is -2.11. The smallest absolute Gasteiger partial charge is 0.314 e. The third-order valence-electron chi connectivity index (χ3n) is 3.66. The van der Waals surface area contributed by atoms with Crippen LogP contribution in [0.4, 0.5) is 0 Å². The van der Waals surface area contributed by atoms with Gasteiger partial charge in [-0.1, -0.05) is 11.6 Å². The van der Waals surface area contributed by atoms with E-state index in [9.17, 15) is 9.90 Å². The van der Waals surface area contributed by atoms with E-state index in [-0.39, 0.29) is 0 Å². The highest BCUT2D eigenvalue weighted by molar-refractivity contribution is 6.35. The molecule has 0 unspecified atom stereocenters. The Morgan fingerprint density at radius 3 is 2.76 bits per heavy atom. The van der Waals surface area contributed by atoms with Crippen LogP contribution in [0, 0.1) is 0 Å². The Kier molecular flexibility index (Phi) is 2.05. The maximum atomic E-state index is 11.3. The third kappa shape index (κ3) is 1.39. The summed E-state index contributed by atoms with van der Waals surface area (Å²) in [5, 5.41) is 10.9. The van der Waals surface area contributed by atoms with E-state index in [2.05, 4.69) is 0 Å². The van der Waals surface area contributed by atoms with Gasteiger partial charge in [0.15, 0.2) is 0 Å². The van der Waals surface area contributed by atoms with Crippen LogP contribution in [0.1, 0.15) is 18.4 Å². The predicted molar refractivity (Wildman–Crippen MR) is 66.5 cm³/mol. The predicted octanol–water partition coefficient (Wildman–Crippen LogP) is 2.95. The molecular formula is C13H12ClNO2. The van der Waals surface area contributed by atoms with Gasteiger partial charge in [-0.15, -0.1) is 0 Å². The minimum atomic E-state index is -0.748. The summed E-state index contributed by atoms with van der Waals surface area (Å²) in [7, 11) is 1.93. The van der Waals surface area contributed by atoms with Crippen molar-refractivity contribution in [2.24, 2.45) is 7.05 Å². The maximum Gasteiger partial charge on any atom is 0.314 e. The summed E-state index contributed by atoms with van der Waals surface area (Å²) in [5.41, 5.74) is 1.12. The summed E-state index contributed by atoms with van der Waals surface area (Å²) in [6, 6.07) is 5.69. The average Bonchev–Trinajstić information content (AvgIpc) is 3.01. The molecule has 3 rings (SSSR count). The molecule has 1 aliphatic rings. The molecule has 0 amide bonds. The number of aliphatic carboxylic acids is 1. The highest BCUT2D eigenvalue weighted by atomic mass is 35.5. The van der Waals surface area contributed by atoms with Gasteiger partial charge < -0.3 is 9.67 Å². The SMILES string of the molecule is Cn1ccc2c(Cl)cc(C3(C(=O)O)CC3)cc21. The van der Waals surface area contributed by atoms with Crippen molar-refractivity contribution in [3.05, 3.63) is 35.0 Å². The van der Waals surface area contributed by atoms with Gasteiger partial charge in [0.05, 0.1) is 10.4 Å². The number of fused-ring (bicyclic) bond motifs is 1. The first-order valence-corrected chi connectivity index (χ1v) is 5.91. The zero-order valence-corrected chi connectivity index (χ0v) is 10.2. The van der Waals surface area contributed by atoms with Crippen LogP contribution in [0.2, 0.25) is 5.02 Å². The molecule has 0 saturated heterocycles. The fraction of sp³-hybridized carbons (Fsp3) is 0.308. The number of halogens is 1. The molecule has 1 aromatic heterocycles. The molecule has 1 N–H and O–H groups in total. The molecule has 1 aliphatic carbocycles. The van der Waals surface area contributed by atoms with Crippen molar-refractivity contribution in [2.45, 2.75) is 18.3 Å². The first kappa shape index (κ1) is 10.7. The van der Waals surface area contributed by atoms with Gasteiger partial charge in [-0.25, -0.2) is 0 Å². The average molecular weight is 250 g/mol. The minimum absolute atomic E-state index is 0.630. The fourth-order valence-corrected chi connectivity index (χ4v) is 2.63. The topological polar surface area (TPSA) is 42.2 Å². The summed E-state index contributed by atoms with van der Waals surface area (Å²) in [6.45, 7) is 0. The number of aryl methyl sites for hydroxylation is 1. The Labute approximate surface area is 104 Å². The molecule has 1 aromatic carbocycles. The Morgan fingerprint density at radius 1 is 1.47 bits per heavy atom. The molecule has 1 fully saturated rings. The third-order valence-corrected chi connectivity index (χ3v) is 3.98. The van der Waals surface area contributed by atoms with Crippen molar-refractivity contribution in [2.75, 3.05) is 0 Å². The summed E-state index contributed by atoms with van der Waals surface area (Å²) in [6.07, 6.45) is 3.34. The van der Waals surface area contributed by atoms with Crippen LogP contribution in [0.15, 0.2) is 24.4 Å². The van der Waals surface area contributed by atoms with Crippen LogP contribution in [0.3, 0.4) is 0 Å². The number of benzene rings is 1. The molecular weight excluding hydrogens is 238 g/mol. The molecule has 88 valence electrons. The van der Waals surface area contributed by atoms with E-state index in [1.807, 2.05) is 29.9 Å². The quantitative estimate of drug-likeness (QED) is 0.889. The number of hydrogen-bond acceptors (Lipinski definition) is 1. The fourth-order valence-electron chi connectivity index (χ4n) is 2.35. The Morgan fingerprint density at radius 2 is 2.18 bits per heavy atom. The zero-order valence-electron chi connectivity index (χ0n) is 9.40. The van der Waals surface area contributed by atoms with Gasteiger partial charge in [-0.2, -0.15) is 0 Å². The van der Waals surface area contributed by atoms with Gasteiger partial charge in [0.2, 0.25) is 0 Å². The van der Waals surface area contributed by atoms with Crippen molar-refractivity contribution >= 4 is 28.5 Å². The number of carboxylic acids is 1. The standard InChI is InChI=1S/C13H12ClNO2/c1-15-5-2-9-10(14)6-8(7-11(9)15)13(3-4-13)12(16)17/h2,5-7H,3-4H2,1H3,(H,16,17). The Balaban J connectivity index is 2.25. The number of carbonyl (C=O) groups is 1. The first-order valence-electron chi connectivity index (χ1n) is 5.53. The Hall–Kier alpha value is -1.48. The van der Waals surface area contributed by atoms with Gasteiger partial charge in [0.25, 0.3) is 0 Å². The van der Waals surface area contributed by atoms with Crippen LogP contribution in [0.25, 0.3) is 10.9 Å². The van der Waals surface area contributed by atoms with E-state index in [0.717, 1.165) is 16.5 Å². The molecule has 2 aromatic rings. The summed E-state index contributed by atoms with van der Waals surface area (Å²) in [4.78, 5) is 11.3. The second-order valence-electron chi connectivity index (χ2n) is 4.70. The van der Waals surface area contributed by atoms with Crippen LogP contribution >= 0.6 is 11.6 Å². The summed E-state index contributed by atoms with van der Waals surface area (Å²) < 4.78 is 1.96. The van der Waals surface area contributed by atoms with Crippen LogP contribution in [0.5, 0.6) is 0 Å². The zero-order chi connectivity index (χ0) is 12.2. The normalized spacial score (nSPS) is 17.3. The molecule has 17 heavy (non-hydrogen) atoms. The lowest BCUT2D eigenvalue weighted by molar-refractivity contribution is -0.140. The number of nitrogens with zero attached hydrogens (tertiary/aromatic N) is 1. The summed E-state index contributed by atoms with van der Waals surface area (Å²) in [5.74, 6) is -0.748. The second-order valence-corrected chi connectivity index (χ2v) is 5.11. The number of carboxylic acid groups (broad SMARTS) is 1. The van der Waals surface area contributed by atoms with E-state index in [1.54, 1.807) is 6.07 Å². The molecule has 3 nitrogen and oxygen atoms in total. The molecule has 0 atom stereocenters. The van der Waals surface area contributed by atoms with Gasteiger partial charge in [-0.3, -0.25) is 4.79 Å². The van der Waals surface area contributed by atoms with E-state index in [1.165, 1.54) is 0 Å². The van der Waals surface area contributed by atoms with E-state index >= 15 is 0 Å². The number of aromatic nitrogens is 1. The van der Waals surface area contributed by atoms with Gasteiger partial charge in [0, 0.05) is 24.1 Å². The van der Waals surface area contributed by atoms with Crippen molar-refractivity contribution in [3.8, 4) is 0 Å². The molecule has 0 radical (unpaired) electrons. The molecule has 4 heteroatoms. The van der Waals surface area contributed by atoms with Crippen molar-refractivity contribution in [1.82, 2.24) is 4.57 Å². The monoisotopic (exact) mass is 249 g/mol. The van der Waals surface area contributed by atoms with E-state index in [4.69, 9.17) is 11.6 Å². The van der Waals surface area contributed by atoms with Crippen molar-refractivity contribution in [1.29, 1.82) is 0 Å². The molecule has 1 saturated carbocycles. The molecule has 0 bridgehead atoms. The van der Waals surface area contributed by atoms with Gasteiger partial charge >= 0.3 is 5.97 Å². The molecule has 1 heterocycles. The lowest BCUT2D eigenvalue weighted by Crippen LogP contribution is -2.19. The highest BCUT2D eigenvalue weighted by Crippen LogP contribution is 2.49. The number of rotatable bonds is 2. The lowest BCUT2D eigenvalue weighted by atomic mass is 9.95. The van der Waals surface area contributed by atoms with Crippen molar-refractivity contribution in [3.63, 3.8) is 0 Å². The highest BCUT2D eigenvalue weighted by Gasteiger charge is 2.52.